The fraction of sp³-hybridized carbons (Fsp3) is 0.464. The lowest BCUT2D eigenvalue weighted by molar-refractivity contribution is -0.138. The summed E-state index contributed by atoms with van der Waals surface area (Å²) in [5, 5.41) is 19.0. The molecule has 2 aromatic rings. The van der Waals surface area contributed by atoms with Crippen LogP contribution in [0.3, 0.4) is 0 Å². The molecule has 1 aromatic carbocycles. The van der Waals surface area contributed by atoms with Gasteiger partial charge in [-0.25, -0.2) is 0 Å². The minimum absolute atomic E-state index is 0.0750. The number of amidine groups is 1. The van der Waals surface area contributed by atoms with Crippen molar-refractivity contribution in [2.24, 2.45) is 5.41 Å². The summed E-state index contributed by atoms with van der Waals surface area (Å²) in [6.45, 7) is 3.88. The first-order valence-corrected chi connectivity index (χ1v) is 13.1. The summed E-state index contributed by atoms with van der Waals surface area (Å²) < 4.78 is 46.7. The van der Waals surface area contributed by atoms with Crippen LogP contribution in [-0.2, 0) is 11.0 Å². The number of nitrogens with two attached hydrogens (primary N) is 1. The number of hydrogen-bond acceptors (Lipinski definition) is 7. The Balaban J connectivity index is 1.60. The van der Waals surface area contributed by atoms with Crippen LogP contribution in [0, 0.1) is 16.2 Å². The zero-order chi connectivity index (χ0) is 30.3. The minimum atomic E-state index is -4.75. The number of amides is 2. The molecule has 41 heavy (non-hydrogen) atoms. The number of alkyl halides is 3. The molecule has 1 aromatic heterocycles. The number of likely N-dealkylation sites (N-methyl/N-ethyl adjacent to an activating group) is 1. The number of hydrogen-bond donors (Lipinski definition) is 4. The van der Waals surface area contributed by atoms with Crippen molar-refractivity contribution in [1.29, 1.82) is 10.8 Å². The molecule has 2 heterocycles. The molecule has 10 nitrogen and oxygen atoms in total. The number of aromatic nitrogens is 1. The molecule has 3 unspecified atom stereocenters. The highest BCUT2D eigenvalue weighted by Crippen LogP contribution is 2.41. The lowest BCUT2D eigenvalue weighted by Crippen LogP contribution is -2.48. The quantitative estimate of drug-likeness (QED) is 0.298. The summed E-state index contributed by atoms with van der Waals surface area (Å²) in [7, 11) is 2.95. The number of pyridine rings is 1. The van der Waals surface area contributed by atoms with Crippen molar-refractivity contribution in [2.75, 3.05) is 31.8 Å². The van der Waals surface area contributed by atoms with Crippen LogP contribution in [0.5, 0.6) is 5.75 Å². The zero-order valence-corrected chi connectivity index (χ0v) is 23.3. The number of anilines is 2. The van der Waals surface area contributed by atoms with Gasteiger partial charge in [0.25, 0.3) is 5.91 Å². The molecular weight excluding hydrogens is 539 g/mol. The van der Waals surface area contributed by atoms with Crippen molar-refractivity contribution in [3.63, 3.8) is 0 Å². The van der Waals surface area contributed by atoms with E-state index < -0.39 is 34.8 Å². The maximum Gasteiger partial charge on any atom is 0.419 e. The second kappa shape index (κ2) is 11.0. The van der Waals surface area contributed by atoms with Crippen molar-refractivity contribution in [2.45, 2.75) is 57.3 Å². The molecule has 0 radical (unpaired) electrons. The average Bonchev–Trinajstić information content (AvgIpc) is 3.39. The zero-order valence-electron chi connectivity index (χ0n) is 23.3. The summed E-state index contributed by atoms with van der Waals surface area (Å²) in [6, 6.07) is 4.47. The number of halogens is 3. The fourth-order valence-electron chi connectivity index (χ4n) is 5.63. The van der Waals surface area contributed by atoms with Crippen molar-refractivity contribution < 1.29 is 27.5 Å². The molecule has 2 amide bonds. The molecule has 4 rings (SSSR count). The number of ether oxygens (including phenoxy) is 1. The summed E-state index contributed by atoms with van der Waals surface area (Å²) in [6.07, 6.45) is -1.24. The van der Waals surface area contributed by atoms with Crippen LogP contribution in [0.25, 0.3) is 0 Å². The van der Waals surface area contributed by atoms with E-state index in [9.17, 15) is 22.8 Å². The van der Waals surface area contributed by atoms with Crippen LogP contribution in [0.2, 0.25) is 0 Å². The molecule has 1 aliphatic heterocycles. The highest BCUT2D eigenvalue weighted by atomic mass is 19.4. The van der Waals surface area contributed by atoms with E-state index in [1.54, 1.807) is 20.9 Å². The average molecular weight is 574 g/mol. The standard InChI is InChI=1S/C28H34F3N7O3/c1-27(2)14-38(24(34)22(12-32)37(3)26(27)40)17-7-5-15(9-17)20-11-21(18(13-35-20)28(29,30)31)36-25(39)16-6-8-19(33)23(10-16)41-4/h6,8,10-13,15,17,22,32,34H,5,7,9,14,33H2,1-4H3,(H,35,36,39). The maximum atomic E-state index is 13.9. The molecule has 0 bridgehead atoms. The monoisotopic (exact) mass is 573 g/mol. The minimum Gasteiger partial charge on any atom is -0.495 e. The second-order valence-corrected chi connectivity index (χ2v) is 11.2. The van der Waals surface area contributed by atoms with E-state index in [1.165, 1.54) is 36.3 Å². The smallest absolute Gasteiger partial charge is 0.419 e. The molecule has 0 spiro atoms. The Labute approximate surface area is 236 Å². The Bertz CT molecular complexity index is 1380. The molecule has 1 saturated heterocycles. The topological polar surface area (TPSA) is 148 Å². The van der Waals surface area contributed by atoms with E-state index in [4.69, 9.17) is 21.3 Å². The molecule has 2 aliphatic rings. The largest absolute Gasteiger partial charge is 0.495 e. The Morgan fingerprint density at radius 1 is 1.27 bits per heavy atom. The van der Waals surface area contributed by atoms with Crippen molar-refractivity contribution >= 4 is 35.2 Å². The Morgan fingerprint density at radius 2 is 1.98 bits per heavy atom. The van der Waals surface area contributed by atoms with Gasteiger partial charge in [0.15, 0.2) is 0 Å². The number of benzene rings is 1. The fourth-order valence-corrected chi connectivity index (χ4v) is 5.63. The van der Waals surface area contributed by atoms with Gasteiger partial charge in [-0.05, 0) is 57.4 Å². The summed E-state index contributed by atoms with van der Waals surface area (Å²) in [4.78, 5) is 33.3. The Kier molecular flexibility index (Phi) is 8.01. The van der Waals surface area contributed by atoms with Crippen LogP contribution >= 0.6 is 0 Å². The first kappa shape index (κ1) is 29.8. The van der Waals surface area contributed by atoms with E-state index in [1.807, 2.05) is 4.90 Å². The van der Waals surface area contributed by atoms with Crippen molar-refractivity contribution in [3.05, 3.63) is 47.3 Å². The number of nitrogens with zero attached hydrogens (tertiary/aromatic N) is 3. The van der Waals surface area contributed by atoms with E-state index in [0.29, 0.717) is 25.0 Å². The number of nitrogen functional groups attached to an aromatic ring is 1. The molecule has 2 fully saturated rings. The van der Waals surface area contributed by atoms with Crippen LogP contribution in [-0.4, -0.2) is 71.4 Å². The Hall–Kier alpha value is -4.16. The molecule has 13 heteroatoms. The number of carbonyl (C=O) groups excluding carboxylic acids is 2. The van der Waals surface area contributed by atoms with Crippen molar-refractivity contribution in [3.8, 4) is 5.75 Å². The maximum absolute atomic E-state index is 13.9. The van der Waals surface area contributed by atoms with E-state index in [0.717, 1.165) is 12.4 Å². The van der Waals surface area contributed by atoms with Crippen LogP contribution in [0.1, 0.15) is 60.6 Å². The first-order chi connectivity index (χ1) is 19.2. The van der Waals surface area contributed by atoms with Gasteiger partial charge >= 0.3 is 6.18 Å². The highest BCUT2D eigenvalue weighted by Gasteiger charge is 2.45. The molecule has 1 aliphatic carbocycles. The van der Waals surface area contributed by atoms with Crippen LogP contribution in [0.4, 0.5) is 24.5 Å². The molecular formula is C28H34F3N7O3. The number of methoxy groups -OCH3 is 1. The van der Waals surface area contributed by atoms with Gasteiger partial charge in [0.2, 0.25) is 5.91 Å². The van der Waals surface area contributed by atoms with Gasteiger partial charge in [0, 0.05) is 49.2 Å². The molecule has 220 valence electrons. The number of carbonyl (C=O) groups is 2. The van der Waals surface area contributed by atoms with Gasteiger partial charge in [-0.2, -0.15) is 13.2 Å². The van der Waals surface area contributed by atoms with Gasteiger partial charge in [0.05, 0.1) is 29.5 Å². The number of nitrogens with one attached hydrogen (secondary N) is 3. The Morgan fingerprint density at radius 3 is 2.61 bits per heavy atom. The SMILES string of the molecule is COc1cc(C(=O)Nc2cc(C3CCC(N4CC(C)(C)C(=O)N(C)C(C=N)C4=N)C3)ncc2C(F)(F)F)ccc1N. The third kappa shape index (κ3) is 5.84. The first-order valence-electron chi connectivity index (χ1n) is 13.1. The molecule has 1 saturated carbocycles. The van der Waals surface area contributed by atoms with Gasteiger partial charge in [-0.3, -0.25) is 20.0 Å². The van der Waals surface area contributed by atoms with Gasteiger partial charge in [-0.15, -0.1) is 0 Å². The van der Waals surface area contributed by atoms with Crippen LogP contribution < -0.4 is 15.8 Å². The van der Waals surface area contributed by atoms with E-state index >= 15 is 0 Å². The normalized spacial score (nSPS) is 22.9. The third-order valence-corrected chi connectivity index (χ3v) is 7.87. The number of rotatable bonds is 6. The van der Waals surface area contributed by atoms with E-state index in [-0.39, 0.29) is 47.2 Å². The molecule has 5 N–H and O–H groups in total. The van der Waals surface area contributed by atoms with Gasteiger partial charge < -0.3 is 31.0 Å². The lowest BCUT2D eigenvalue weighted by atomic mass is 9.90. The van der Waals surface area contributed by atoms with Gasteiger partial charge in [-0.1, -0.05) is 0 Å². The molecule has 3 atom stereocenters. The predicted molar refractivity (Wildman–Crippen MR) is 149 cm³/mol. The summed E-state index contributed by atoms with van der Waals surface area (Å²) in [5.74, 6) is -0.806. The summed E-state index contributed by atoms with van der Waals surface area (Å²) >= 11 is 0. The van der Waals surface area contributed by atoms with Crippen LogP contribution in [0.15, 0.2) is 30.5 Å². The van der Waals surface area contributed by atoms with Gasteiger partial charge in [0.1, 0.15) is 17.6 Å². The van der Waals surface area contributed by atoms with Crippen molar-refractivity contribution in [1.82, 2.24) is 14.8 Å². The predicted octanol–water partition coefficient (Wildman–Crippen LogP) is 4.38. The highest BCUT2D eigenvalue weighted by molar-refractivity contribution is 6.05. The second-order valence-electron chi connectivity index (χ2n) is 11.2. The summed E-state index contributed by atoms with van der Waals surface area (Å²) in [5.41, 5.74) is 4.26. The third-order valence-electron chi connectivity index (χ3n) is 7.87. The lowest BCUT2D eigenvalue weighted by Gasteiger charge is -2.35. The van der Waals surface area contributed by atoms with E-state index in [2.05, 4.69) is 10.3 Å².